The van der Waals surface area contributed by atoms with Crippen molar-refractivity contribution in [3.05, 3.63) is 65.4 Å². The standard InChI is InChI=1S/C21H22FN5O/c1-13(24-2)21-19(26-12-23)8-15(9-20(21)27-28)17-6-5-16(22)10-18(17)14-4-3-7-25-11-14/h3-7,10-11,15,28H,2,8-9,12,23H2,1H3/b21-13+,26-19-,27-20+. The van der Waals surface area contributed by atoms with E-state index >= 15 is 0 Å². The average molecular weight is 379 g/mol. The summed E-state index contributed by atoms with van der Waals surface area (Å²) in [5.74, 6) is -0.383. The Morgan fingerprint density at radius 1 is 1.32 bits per heavy atom. The molecule has 7 heteroatoms. The van der Waals surface area contributed by atoms with Crippen molar-refractivity contribution in [2.24, 2.45) is 20.9 Å². The summed E-state index contributed by atoms with van der Waals surface area (Å²) < 4.78 is 14.0. The van der Waals surface area contributed by atoms with E-state index in [1.165, 1.54) is 12.1 Å². The van der Waals surface area contributed by atoms with E-state index in [2.05, 4.69) is 26.8 Å². The van der Waals surface area contributed by atoms with E-state index in [1.54, 1.807) is 25.4 Å². The van der Waals surface area contributed by atoms with E-state index in [0.29, 0.717) is 35.5 Å². The molecule has 1 aromatic carbocycles. The summed E-state index contributed by atoms with van der Waals surface area (Å²) >= 11 is 0. The topological polar surface area (TPSA) is 96.2 Å². The molecule has 1 aromatic heterocycles. The molecule has 3 N–H and O–H groups in total. The highest BCUT2D eigenvalue weighted by Crippen LogP contribution is 2.39. The van der Waals surface area contributed by atoms with E-state index in [0.717, 1.165) is 16.7 Å². The van der Waals surface area contributed by atoms with E-state index in [-0.39, 0.29) is 18.4 Å². The molecule has 1 unspecified atom stereocenters. The summed E-state index contributed by atoms with van der Waals surface area (Å²) in [5, 5.41) is 13.1. The van der Waals surface area contributed by atoms with E-state index in [4.69, 9.17) is 5.73 Å². The van der Waals surface area contributed by atoms with Crippen LogP contribution in [0.1, 0.15) is 31.2 Å². The predicted octanol–water partition coefficient (Wildman–Crippen LogP) is 3.93. The van der Waals surface area contributed by atoms with Gasteiger partial charge in [0.15, 0.2) is 0 Å². The van der Waals surface area contributed by atoms with Gasteiger partial charge in [-0.3, -0.25) is 15.0 Å². The van der Waals surface area contributed by atoms with E-state index in [1.807, 2.05) is 12.1 Å². The number of nitrogens with zero attached hydrogens (tertiary/aromatic N) is 4. The van der Waals surface area contributed by atoms with Crippen molar-refractivity contribution in [2.45, 2.75) is 25.7 Å². The Kier molecular flexibility index (Phi) is 6.06. The predicted molar refractivity (Wildman–Crippen MR) is 110 cm³/mol. The molecule has 3 rings (SSSR count). The molecule has 28 heavy (non-hydrogen) atoms. The first-order valence-corrected chi connectivity index (χ1v) is 8.91. The van der Waals surface area contributed by atoms with E-state index < -0.39 is 0 Å². The van der Waals surface area contributed by atoms with Gasteiger partial charge in [-0.2, -0.15) is 0 Å². The highest BCUT2D eigenvalue weighted by atomic mass is 19.1. The molecule has 0 bridgehead atoms. The maximum atomic E-state index is 14.0. The van der Waals surface area contributed by atoms with Crippen molar-refractivity contribution in [3.63, 3.8) is 0 Å². The molecule has 0 radical (unpaired) electrons. The summed E-state index contributed by atoms with van der Waals surface area (Å²) in [4.78, 5) is 12.5. The number of benzene rings is 1. The minimum absolute atomic E-state index is 0.0617. The van der Waals surface area contributed by atoms with Gasteiger partial charge in [0.05, 0.1) is 12.4 Å². The lowest BCUT2D eigenvalue weighted by Crippen LogP contribution is -2.27. The number of halogens is 1. The van der Waals surface area contributed by atoms with Crippen LogP contribution in [0.25, 0.3) is 11.1 Å². The van der Waals surface area contributed by atoms with Crippen LogP contribution in [-0.2, 0) is 0 Å². The summed E-state index contributed by atoms with van der Waals surface area (Å²) in [6.45, 7) is 5.46. The Bertz CT molecular complexity index is 966. The minimum atomic E-state index is -0.322. The van der Waals surface area contributed by atoms with Gasteiger partial charge in [0.2, 0.25) is 0 Å². The van der Waals surface area contributed by atoms with Gasteiger partial charge in [-0.1, -0.05) is 17.3 Å². The van der Waals surface area contributed by atoms with Crippen molar-refractivity contribution in [1.82, 2.24) is 4.98 Å². The first-order valence-electron chi connectivity index (χ1n) is 8.91. The SMILES string of the molecule is C=N/C(C)=C1C(=N/CN)\CC(c2ccc(F)cc2-c2cccnc2)CC\1=N/O. The molecule has 0 spiro atoms. The lowest BCUT2D eigenvalue weighted by Gasteiger charge is -2.29. The maximum Gasteiger partial charge on any atom is 0.123 e. The first kappa shape index (κ1) is 19.6. The molecule has 6 nitrogen and oxygen atoms in total. The van der Waals surface area contributed by atoms with Crippen LogP contribution in [0.2, 0.25) is 0 Å². The minimum Gasteiger partial charge on any atom is -0.411 e. The molecule has 2 aromatic rings. The van der Waals surface area contributed by atoms with Crippen LogP contribution in [0.15, 0.2) is 69.1 Å². The van der Waals surface area contributed by atoms with Crippen molar-refractivity contribution in [2.75, 3.05) is 6.67 Å². The van der Waals surface area contributed by atoms with Crippen LogP contribution in [-0.4, -0.2) is 35.0 Å². The number of nitrogens with two attached hydrogens (primary N) is 1. The Labute approximate surface area is 163 Å². The van der Waals surface area contributed by atoms with Gasteiger partial charge in [0.25, 0.3) is 0 Å². The highest BCUT2D eigenvalue weighted by molar-refractivity contribution is 6.26. The van der Waals surface area contributed by atoms with Gasteiger partial charge in [-0.25, -0.2) is 4.39 Å². The molecule has 1 atom stereocenters. The third-order valence-electron chi connectivity index (χ3n) is 4.89. The Hall–Kier alpha value is -3.19. The zero-order chi connectivity index (χ0) is 20.1. The third kappa shape index (κ3) is 3.89. The highest BCUT2D eigenvalue weighted by Gasteiger charge is 2.31. The molecule has 0 aliphatic heterocycles. The van der Waals surface area contributed by atoms with Crippen LogP contribution < -0.4 is 5.73 Å². The Morgan fingerprint density at radius 2 is 2.11 bits per heavy atom. The molecule has 1 aliphatic carbocycles. The molecule has 1 saturated carbocycles. The van der Waals surface area contributed by atoms with Crippen LogP contribution in [0.5, 0.6) is 0 Å². The second kappa shape index (κ2) is 8.67. The number of rotatable bonds is 4. The zero-order valence-electron chi connectivity index (χ0n) is 15.6. The van der Waals surface area contributed by atoms with Crippen LogP contribution in [0, 0.1) is 5.82 Å². The summed E-state index contributed by atoms with van der Waals surface area (Å²) in [6, 6.07) is 8.41. The van der Waals surface area contributed by atoms with Crippen molar-refractivity contribution >= 4 is 18.1 Å². The third-order valence-corrected chi connectivity index (χ3v) is 4.89. The van der Waals surface area contributed by atoms with Crippen molar-refractivity contribution < 1.29 is 9.60 Å². The number of oxime groups is 1. The largest absolute Gasteiger partial charge is 0.411 e. The summed E-state index contributed by atoms with van der Waals surface area (Å²) in [6.07, 6.45) is 4.40. The fourth-order valence-electron chi connectivity index (χ4n) is 3.63. The van der Waals surface area contributed by atoms with E-state index in [9.17, 15) is 9.60 Å². The lowest BCUT2D eigenvalue weighted by molar-refractivity contribution is 0.317. The van der Waals surface area contributed by atoms with Crippen molar-refractivity contribution in [1.29, 1.82) is 0 Å². The van der Waals surface area contributed by atoms with Gasteiger partial charge in [0.1, 0.15) is 5.82 Å². The van der Waals surface area contributed by atoms with Gasteiger partial charge >= 0.3 is 0 Å². The molecule has 0 saturated heterocycles. The monoisotopic (exact) mass is 379 g/mol. The van der Waals surface area contributed by atoms with Crippen LogP contribution >= 0.6 is 0 Å². The van der Waals surface area contributed by atoms with Gasteiger partial charge in [0, 0.05) is 41.4 Å². The molecule has 1 heterocycles. The maximum absolute atomic E-state index is 14.0. The summed E-state index contributed by atoms with van der Waals surface area (Å²) in [5.41, 5.74) is 10.6. The molecular weight excluding hydrogens is 357 g/mol. The fourth-order valence-corrected chi connectivity index (χ4v) is 3.63. The number of allylic oxidation sites excluding steroid dienone is 2. The normalized spacial score (nSPS) is 21.8. The number of hydrogen-bond donors (Lipinski definition) is 2. The van der Waals surface area contributed by atoms with Gasteiger partial charge in [-0.15, -0.1) is 0 Å². The number of aliphatic imine (C=N–C) groups is 2. The first-order chi connectivity index (χ1) is 13.6. The molecular formula is C21H22FN5O. The zero-order valence-corrected chi connectivity index (χ0v) is 15.6. The molecule has 144 valence electrons. The van der Waals surface area contributed by atoms with Gasteiger partial charge < -0.3 is 10.9 Å². The summed E-state index contributed by atoms with van der Waals surface area (Å²) in [7, 11) is 0. The average Bonchev–Trinajstić information content (AvgIpc) is 2.73. The smallest absolute Gasteiger partial charge is 0.123 e. The van der Waals surface area contributed by atoms with Gasteiger partial charge in [-0.05, 0) is 55.3 Å². The number of hydrogen-bond acceptors (Lipinski definition) is 6. The second-order valence-electron chi connectivity index (χ2n) is 6.53. The van der Waals surface area contributed by atoms with Crippen molar-refractivity contribution in [3.8, 4) is 11.1 Å². The number of aromatic nitrogens is 1. The Morgan fingerprint density at radius 3 is 2.75 bits per heavy atom. The molecule has 1 aliphatic rings. The quantitative estimate of drug-likeness (QED) is 0.479. The Balaban J connectivity index is 2.11. The fraction of sp³-hybridized carbons (Fsp3) is 0.238. The number of pyridine rings is 1. The van der Waals surface area contributed by atoms with Crippen LogP contribution in [0.4, 0.5) is 4.39 Å². The van der Waals surface area contributed by atoms with Crippen LogP contribution in [0.3, 0.4) is 0 Å². The lowest BCUT2D eigenvalue weighted by atomic mass is 9.76. The second-order valence-corrected chi connectivity index (χ2v) is 6.53. The molecule has 0 amide bonds. The molecule has 1 fully saturated rings.